The van der Waals surface area contributed by atoms with E-state index >= 15 is 0 Å². The molecule has 188 valence electrons. The van der Waals surface area contributed by atoms with Crippen LogP contribution in [0.5, 0.6) is 11.5 Å². The fourth-order valence-corrected chi connectivity index (χ4v) is 4.13. The van der Waals surface area contributed by atoms with E-state index in [4.69, 9.17) is 25.5 Å². The van der Waals surface area contributed by atoms with Gasteiger partial charge in [0.25, 0.3) is 0 Å². The molecule has 0 amide bonds. The molecule has 0 saturated heterocycles. The normalized spacial score (nSPS) is 11.1. The van der Waals surface area contributed by atoms with E-state index in [-0.39, 0.29) is 5.78 Å². The van der Waals surface area contributed by atoms with Crippen molar-refractivity contribution >= 4 is 40.4 Å². The fraction of sp³-hybridized carbons (Fsp3) is 0.0625. The van der Waals surface area contributed by atoms with E-state index in [1.165, 1.54) is 6.08 Å². The summed E-state index contributed by atoms with van der Waals surface area (Å²) in [6.07, 6.45) is 3.14. The highest BCUT2D eigenvalue weighted by atomic mass is 35.5. The smallest absolute Gasteiger partial charge is 0.347 e. The number of carbonyl (C=O) groups excluding carboxylic acids is 2. The molecule has 1 heterocycles. The van der Waals surface area contributed by atoms with Crippen LogP contribution in [0.4, 0.5) is 0 Å². The van der Waals surface area contributed by atoms with Crippen LogP contribution >= 0.6 is 11.6 Å². The van der Waals surface area contributed by atoms with Gasteiger partial charge in [-0.3, -0.25) is 4.79 Å². The maximum atomic E-state index is 13.2. The molecule has 0 aliphatic rings. The summed E-state index contributed by atoms with van der Waals surface area (Å²) in [5.74, 6) is 0.722. The number of fused-ring (bicyclic) bond motifs is 1. The monoisotopic (exact) mass is 522 g/mol. The first-order valence-electron chi connectivity index (χ1n) is 12.0. The van der Waals surface area contributed by atoms with Gasteiger partial charge >= 0.3 is 5.97 Å². The molecule has 0 aliphatic carbocycles. The summed E-state index contributed by atoms with van der Waals surface area (Å²) in [4.78, 5) is 25.6. The molecule has 6 heteroatoms. The fourth-order valence-electron chi connectivity index (χ4n) is 4.01. The van der Waals surface area contributed by atoms with E-state index in [1.807, 2.05) is 42.5 Å². The third kappa shape index (κ3) is 5.85. The number of benzene rings is 4. The van der Waals surface area contributed by atoms with Crippen LogP contribution < -0.4 is 9.47 Å². The van der Waals surface area contributed by atoms with E-state index in [0.717, 1.165) is 5.56 Å². The van der Waals surface area contributed by atoms with Crippen molar-refractivity contribution in [1.29, 1.82) is 0 Å². The minimum atomic E-state index is -0.542. The van der Waals surface area contributed by atoms with Crippen molar-refractivity contribution in [3.05, 3.63) is 136 Å². The number of aryl methyl sites for hydroxylation is 1. The molecule has 0 spiro atoms. The Morgan fingerprint density at radius 2 is 1.66 bits per heavy atom. The topological polar surface area (TPSA) is 65.7 Å². The van der Waals surface area contributed by atoms with Crippen molar-refractivity contribution in [3.63, 3.8) is 0 Å². The average molecular weight is 523 g/mol. The number of hydrogen-bond donors (Lipinski definition) is 0. The Labute approximate surface area is 224 Å². The van der Waals surface area contributed by atoms with Gasteiger partial charge in [0.05, 0.1) is 0 Å². The lowest BCUT2D eigenvalue weighted by molar-refractivity contribution is 0.0734. The zero-order valence-corrected chi connectivity index (χ0v) is 21.3. The molecule has 4 aromatic carbocycles. The summed E-state index contributed by atoms with van der Waals surface area (Å²) in [5, 5.41) is 1.18. The lowest BCUT2D eigenvalue weighted by atomic mass is 10.1. The van der Waals surface area contributed by atoms with Crippen molar-refractivity contribution in [2.45, 2.75) is 13.5 Å². The third-order valence-corrected chi connectivity index (χ3v) is 6.16. The van der Waals surface area contributed by atoms with Crippen molar-refractivity contribution in [2.24, 2.45) is 0 Å². The van der Waals surface area contributed by atoms with E-state index in [9.17, 15) is 9.59 Å². The Balaban J connectivity index is 1.31. The molecule has 0 fully saturated rings. The summed E-state index contributed by atoms with van der Waals surface area (Å²) in [5.41, 5.74) is 3.19. The van der Waals surface area contributed by atoms with Gasteiger partial charge in [0.1, 0.15) is 35.0 Å². The van der Waals surface area contributed by atoms with Gasteiger partial charge in [0.2, 0.25) is 0 Å². The molecular weight excluding hydrogens is 500 g/mol. The van der Waals surface area contributed by atoms with Crippen LogP contribution in [-0.2, 0) is 6.61 Å². The molecule has 0 N–H and O–H groups in total. The molecule has 5 aromatic rings. The number of furan rings is 1. The van der Waals surface area contributed by atoms with Crippen LogP contribution in [-0.4, -0.2) is 11.8 Å². The Morgan fingerprint density at radius 1 is 0.868 bits per heavy atom. The van der Waals surface area contributed by atoms with E-state index < -0.39 is 5.97 Å². The predicted molar refractivity (Wildman–Crippen MR) is 148 cm³/mol. The number of rotatable bonds is 8. The van der Waals surface area contributed by atoms with Gasteiger partial charge in [-0.05, 0) is 78.7 Å². The standard InChI is InChI=1S/C32H23ClO5/c1-21-31(28-19-26(15-17-30(28)37-21)36-20-23-6-3-2-4-7-23)32(35)38-27-9-5-8-22(18-27)10-16-29(34)24-11-13-25(33)14-12-24/h2-19H,20H2,1H3/b16-10+. The number of ether oxygens (including phenoxy) is 2. The number of ketones is 1. The van der Waals surface area contributed by atoms with Crippen LogP contribution in [0.15, 0.2) is 108 Å². The van der Waals surface area contributed by atoms with Crippen molar-refractivity contribution in [1.82, 2.24) is 0 Å². The van der Waals surface area contributed by atoms with Gasteiger partial charge < -0.3 is 13.9 Å². The molecule has 0 bridgehead atoms. The maximum Gasteiger partial charge on any atom is 0.347 e. The summed E-state index contributed by atoms with van der Waals surface area (Å²) in [6.45, 7) is 2.13. The third-order valence-electron chi connectivity index (χ3n) is 5.91. The first kappa shape index (κ1) is 25.1. The number of halogens is 1. The van der Waals surface area contributed by atoms with Crippen LogP contribution in [0, 0.1) is 6.92 Å². The number of esters is 1. The second-order valence-electron chi connectivity index (χ2n) is 8.63. The quantitative estimate of drug-likeness (QED) is 0.0891. The molecule has 38 heavy (non-hydrogen) atoms. The van der Waals surface area contributed by atoms with Gasteiger partial charge in [-0.2, -0.15) is 0 Å². The lowest BCUT2D eigenvalue weighted by Crippen LogP contribution is -2.09. The molecule has 0 atom stereocenters. The van der Waals surface area contributed by atoms with Gasteiger partial charge in [-0.1, -0.05) is 60.1 Å². The number of hydrogen-bond acceptors (Lipinski definition) is 5. The van der Waals surface area contributed by atoms with Crippen molar-refractivity contribution < 1.29 is 23.5 Å². The van der Waals surface area contributed by atoms with Gasteiger partial charge in [0.15, 0.2) is 5.78 Å². The molecule has 0 unspecified atom stereocenters. The molecular formula is C32H23ClO5. The summed E-state index contributed by atoms with van der Waals surface area (Å²) >= 11 is 5.89. The largest absolute Gasteiger partial charge is 0.489 e. The molecule has 5 rings (SSSR count). The molecule has 0 aliphatic heterocycles. The zero-order chi connectivity index (χ0) is 26.5. The van der Waals surface area contributed by atoms with Gasteiger partial charge in [0, 0.05) is 16.0 Å². The Kier molecular flexibility index (Phi) is 7.38. The Morgan fingerprint density at radius 3 is 2.45 bits per heavy atom. The van der Waals surface area contributed by atoms with Crippen molar-refractivity contribution in [2.75, 3.05) is 0 Å². The van der Waals surface area contributed by atoms with Crippen molar-refractivity contribution in [3.8, 4) is 11.5 Å². The van der Waals surface area contributed by atoms with E-state index in [1.54, 1.807) is 67.6 Å². The summed E-state index contributed by atoms with van der Waals surface area (Å²) in [7, 11) is 0. The van der Waals surface area contributed by atoms with Gasteiger partial charge in [-0.15, -0.1) is 0 Å². The molecule has 5 nitrogen and oxygen atoms in total. The highest BCUT2D eigenvalue weighted by Crippen LogP contribution is 2.30. The SMILES string of the molecule is Cc1oc2ccc(OCc3ccccc3)cc2c1C(=O)Oc1cccc(/C=C/C(=O)c2ccc(Cl)cc2)c1. The average Bonchev–Trinajstić information content (AvgIpc) is 3.26. The molecule has 0 saturated carbocycles. The number of allylic oxidation sites excluding steroid dienone is 1. The predicted octanol–water partition coefficient (Wildman–Crippen LogP) is 8.09. The second-order valence-corrected chi connectivity index (χ2v) is 9.07. The highest BCUT2D eigenvalue weighted by molar-refractivity contribution is 6.30. The van der Waals surface area contributed by atoms with Gasteiger partial charge in [-0.25, -0.2) is 4.79 Å². The van der Waals surface area contributed by atoms with E-state index in [2.05, 4.69) is 0 Å². The Bertz CT molecular complexity index is 1630. The first-order chi connectivity index (χ1) is 18.5. The number of carbonyl (C=O) groups is 2. The van der Waals surface area contributed by atoms with Crippen LogP contribution in [0.1, 0.15) is 37.6 Å². The Hall–Kier alpha value is -4.61. The molecule has 1 aromatic heterocycles. The maximum absolute atomic E-state index is 13.2. The van der Waals surface area contributed by atoms with Crippen LogP contribution in [0.2, 0.25) is 5.02 Å². The minimum Gasteiger partial charge on any atom is -0.489 e. The van der Waals surface area contributed by atoms with Crippen LogP contribution in [0.25, 0.3) is 17.0 Å². The zero-order valence-electron chi connectivity index (χ0n) is 20.5. The summed E-state index contributed by atoms with van der Waals surface area (Å²) in [6, 6.07) is 28.8. The second kappa shape index (κ2) is 11.2. The highest BCUT2D eigenvalue weighted by Gasteiger charge is 2.21. The first-order valence-corrected chi connectivity index (χ1v) is 12.3. The molecule has 0 radical (unpaired) electrons. The lowest BCUT2D eigenvalue weighted by Gasteiger charge is -2.07. The summed E-state index contributed by atoms with van der Waals surface area (Å²) < 4.78 is 17.4. The van der Waals surface area contributed by atoms with E-state index in [0.29, 0.717) is 56.5 Å². The minimum absolute atomic E-state index is 0.158. The van der Waals surface area contributed by atoms with Crippen LogP contribution in [0.3, 0.4) is 0 Å².